The first-order valence-electron chi connectivity index (χ1n) is 14.3. The highest BCUT2D eigenvalue weighted by Crippen LogP contribution is 2.36. The van der Waals surface area contributed by atoms with Crippen LogP contribution in [0.15, 0.2) is 48.9 Å². The van der Waals surface area contributed by atoms with Gasteiger partial charge in [0.2, 0.25) is 17.7 Å². The fraction of sp³-hybridized carbons (Fsp3) is 0.483. The highest BCUT2D eigenvalue weighted by Gasteiger charge is 2.38. The first-order chi connectivity index (χ1) is 21.3. The normalized spacial score (nSPS) is 18.6. The smallest absolute Gasteiger partial charge is 0.423 e. The molecule has 3 heterocycles. The molecule has 5 rings (SSSR count). The van der Waals surface area contributed by atoms with Gasteiger partial charge in [-0.15, -0.1) is 0 Å². The van der Waals surface area contributed by atoms with Crippen molar-refractivity contribution in [1.29, 1.82) is 0 Å². The molecule has 2 amide bonds. The number of nitrogens with zero attached hydrogens (tertiary/aromatic N) is 5. The Bertz CT molecular complexity index is 1360. The Hall–Kier alpha value is -4.24. The minimum atomic E-state index is -4.65. The lowest BCUT2D eigenvalue weighted by atomic mass is 9.90. The fourth-order valence-corrected chi connectivity index (χ4v) is 4.87. The van der Waals surface area contributed by atoms with E-state index in [1.54, 1.807) is 12.0 Å². The van der Waals surface area contributed by atoms with Crippen molar-refractivity contribution in [2.75, 3.05) is 43.8 Å². The number of methoxy groups -OCH3 is 1. The van der Waals surface area contributed by atoms with Crippen LogP contribution in [0.3, 0.4) is 0 Å². The number of aromatic nitrogens is 4. The molecule has 15 heteroatoms. The number of rotatable bonds is 12. The van der Waals surface area contributed by atoms with Crippen molar-refractivity contribution in [2.24, 2.45) is 0 Å². The summed E-state index contributed by atoms with van der Waals surface area (Å²) in [5.74, 6) is 0.211. The second-order valence-electron chi connectivity index (χ2n) is 10.4. The van der Waals surface area contributed by atoms with E-state index in [-0.39, 0.29) is 37.3 Å². The van der Waals surface area contributed by atoms with Gasteiger partial charge in [0.25, 0.3) is 0 Å². The second-order valence-corrected chi connectivity index (χ2v) is 10.4. The highest BCUT2D eigenvalue weighted by atomic mass is 19.4. The maximum absolute atomic E-state index is 13.5. The van der Waals surface area contributed by atoms with E-state index in [1.807, 2.05) is 30.3 Å². The van der Waals surface area contributed by atoms with Crippen LogP contribution < -0.4 is 25.0 Å². The predicted molar refractivity (Wildman–Crippen MR) is 152 cm³/mol. The molecular formula is C29H34F3N7O5. The zero-order valence-electron chi connectivity index (χ0n) is 24.1. The van der Waals surface area contributed by atoms with Crippen LogP contribution >= 0.6 is 0 Å². The maximum atomic E-state index is 13.5. The van der Waals surface area contributed by atoms with Gasteiger partial charge in [0.15, 0.2) is 5.82 Å². The van der Waals surface area contributed by atoms with E-state index >= 15 is 0 Å². The zero-order valence-corrected chi connectivity index (χ0v) is 24.1. The Balaban J connectivity index is 1.25. The SMILES string of the molecule is COCCOc1cnc(N(C(=O)NCc2ccccc2)[C@H]2CC[C@H](Nc3ncc(C(F)(F)F)c(OC4COC4)n3)CC2)cn1. The molecule has 1 saturated carbocycles. The van der Waals surface area contributed by atoms with Gasteiger partial charge in [-0.25, -0.2) is 19.7 Å². The van der Waals surface area contributed by atoms with E-state index in [2.05, 4.69) is 30.6 Å². The molecule has 0 radical (unpaired) electrons. The van der Waals surface area contributed by atoms with Crippen LogP contribution in [0, 0.1) is 0 Å². The first-order valence-corrected chi connectivity index (χ1v) is 14.3. The van der Waals surface area contributed by atoms with Crippen LogP contribution in [-0.4, -0.2) is 77.7 Å². The number of hydrogen-bond donors (Lipinski definition) is 2. The minimum Gasteiger partial charge on any atom is -0.474 e. The molecule has 1 aliphatic heterocycles. The van der Waals surface area contributed by atoms with Gasteiger partial charge >= 0.3 is 12.2 Å². The average molecular weight is 618 g/mol. The Labute approximate surface area is 252 Å². The maximum Gasteiger partial charge on any atom is 0.423 e. The largest absolute Gasteiger partial charge is 0.474 e. The molecule has 2 aromatic heterocycles. The number of halogens is 3. The Kier molecular flexibility index (Phi) is 10.3. The third-order valence-corrected chi connectivity index (χ3v) is 7.24. The van der Waals surface area contributed by atoms with Crippen molar-refractivity contribution in [1.82, 2.24) is 25.3 Å². The van der Waals surface area contributed by atoms with Crippen LogP contribution in [0.4, 0.5) is 29.7 Å². The van der Waals surface area contributed by atoms with Crippen LogP contribution in [0.5, 0.6) is 11.8 Å². The Morgan fingerprint density at radius 3 is 2.43 bits per heavy atom. The highest BCUT2D eigenvalue weighted by molar-refractivity contribution is 5.91. The molecule has 44 heavy (non-hydrogen) atoms. The quantitative estimate of drug-likeness (QED) is 0.285. The first kappa shape index (κ1) is 31.2. The van der Waals surface area contributed by atoms with Gasteiger partial charge in [0.05, 0.1) is 32.2 Å². The van der Waals surface area contributed by atoms with Crippen LogP contribution in [-0.2, 0) is 22.2 Å². The number of hydrogen-bond acceptors (Lipinski definition) is 10. The lowest BCUT2D eigenvalue weighted by Crippen LogP contribution is -2.49. The molecule has 2 aliphatic rings. The summed E-state index contributed by atoms with van der Waals surface area (Å²) in [5.41, 5.74) is -0.0848. The molecule has 3 aromatic rings. The number of benzene rings is 1. The molecule has 0 unspecified atom stereocenters. The van der Waals surface area contributed by atoms with Crippen LogP contribution in [0.1, 0.15) is 36.8 Å². The molecule has 0 atom stereocenters. The lowest BCUT2D eigenvalue weighted by Gasteiger charge is -2.36. The molecular weight excluding hydrogens is 583 g/mol. The van der Waals surface area contributed by atoms with Gasteiger partial charge < -0.3 is 29.6 Å². The number of carbonyl (C=O) groups excluding carboxylic acids is 1. The summed E-state index contributed by atoms with van der Waals surface area (Å²) in [7, 11) is 1.57. The van der Waals surface area contributed by atoms with Crippen LogP contribution in [0.2, 0.25) is 0 Å². The fourth-order valence-electron chi connectivity index (χ4n) is 4.87. The number of carbonyl (C=O) groups is 1. The van der Waals surface area contributed by atoms with Crippen molar-refractivity contribution in [2.45, 2.75) is 56.6 Å². The molecule has 0 bridgehead atoms. The standard InChI is InChI=1S/C29H34F3N7O5/c1-41-11-12-43-25-16-33-24(15-34-25)39(28(40)36-13-19-5-3-2-4-6-19)21-9-7-20(8-10-21)37-27-35-14-23(29(30,31)32)26(38-27)44-22-17-42-18-22/h2-6,14-16,20-22H,7-13,17-18H2,1H3,(H,36,40)(H,35,37,38)/t20-,21-. The average Bonchev–Trinajstić information content (AvgIpc) is 3.00. The van der Waals surface area contributed by atoms with Gasteiger partial charge in [-0.1, -0.05) is 30.3 Å². The molecule has 0 spiro atoms. The summed E-state index contributed by atoms with van der Waals surface area (Å²) in [6, 6.07) is 8.91. The van der Waals surface area contributed by atoms with E-state index < -0.39 is 23.7 Å². The number of anilines is 2. The Morgan fingerprint density at radius 2 is 1.80 bits per heavy atom. The monoisotopic (exact) mass is 617 g/mol. The van der Waals surface area contributed by atoms with E-state index in [1.165, 1.54) is 12.4 Å². The number of urea groups is 1. The molecule has 2 fully saturated rings. The minimum absolute atomic E-state index is 0.0454. The summed E-state index contributed by atoms with van der Waals surface area (Å²) in [6.45, 7) is 1.46. The van der Waals surface area contributed by atoms with E-state index in [0.29, 0.717) is 57.1 Å². The molecule has 12 nitrogen and oxygen atoms in total. The second kappa shape index (κ2) is 14.5. The van der Waals surface area contributed by atoms with Crippen molar-refractivity contribution < 1.29 is 36.9 Å². The summed E-state index contributed by atoms with van der Waals surface area (Å²) in [4.78, 5) is 31.8. The number of nitrogens with one attached hydrogen (secondary N) is 2. The van der Waals surface area contributed by atoms with Gasteiger partial charge in [0, 0.05) is 31.9 Å². The van der Waals surface area contributed by atoms with E-state index in [0.717, 1.165) is 11.8 Å². The third-order valence-electron chi connectivity index (χ3n) is 7.24. The summed E-state index contributed by atoms with van der Waals surface area (Å²) in [5, 5.41) is 6.11. The lowest BCUT2D eigenvalue weighted by molar-refractivity contribution is -0.142. The van der Waals surface area contributed by atoms with Crippen LogP contribution in [0.25, 0.3) is 0 Å². The van der Waals surface area contributed by atoms with E-state index in [9.17, 15) is 18.0 Å². The van der Waals surface area contributed by atoms with Crippen molar-refractivity contribution >= 4 is 17.8 Å². The molecule has 1 aromatic carbocycles. The number of alkyl halides is 3. The molecule has 2 N–H and O–H groups in total. The molecule has 1 saturated heterocycles. The topological polar surface area (TPSA) is 133 Å². The van der Waals surface area contributed by atoms with Gasteiger partial charge in [-0.05, 0) is 31.2 Å². The Morgan fingerprint density at radius 1 is 1.02 bits per heavy atom. The van der Waals surface area contributed by atoms with Gasteiger partial charge in [0.1, 0.15) is 18.3 Å². The summed E-state index contributed by atoms with van der Waals surface area (Å²) in [6.07, 6.45) is 0.954. The van der Waals surface area contributed by atoms with Gasteiger partial charge in [-0.3, -0.25) is 4.90 Å². The summed E-state index contributed by atoms with van der Waals surface area (Å²) < 4.78 is 61.5. The number of ether oxygens (including phenoxy) is 4. The zero-order chi connectivity index (χ0) is 30.9. The summed E-state index contributed by atoms with van der Waals surface area (Å²) >= 11 is 0. The van der Waals surface area contributed by atoms with Gasteiger partial charge in [-0.2, -0.15) is 18.2 Å². The molecule has 236 valence electrons. The predicted octanol–water partition coefficient (Wildman–Crippen LogP) is 4.23. The third kappa shape index (κ3) is 8.23. The number of amides is 2. The van der Waals surface area contributed by atoms with Crippen molar-refractivity contribution in [3.05, 3.63) is 60.0 Å². The van der Waals surface area contributed by atoms with Crippen molar-refractivity contribution in [3.8, 4) is 11.8 Å². The van der Waals surface area contributed by atoms with Crippen molar-refractivity contribution in [3.63, 3.8) is 0 Å². The molecule has 1 aliphatic carbocycles. The van der Waals surface area contributed by atoms with E-state index in [4.69, 9.17) is 18.9 Å².